The van der Waals surface area contributed by atoms with Gasteiger partial charge in [-0.2, -0.15) is 0 Å². The van der Waals surface area contributed by atoms with E-state index in [1.807, 2.05) is 10.8 Å². The van der Waals surface area contributed by atoms with E-state index in [0.717, 1.165) is 19.4 Å². The molecule has 2 aromatic heterocycles. The first kappa shape index (κ1) is 15.5. The van der Waals surface area contributed by atoms with E-state index in [0.29, 0.717) is 12.4 Å². The maximum atomic E-state index is 12.2. The van der Waals surface area contributed by atoms with Gasteiger partial charge in [0.2, 0.25) is 10.0 Å². The Hall–Kier alpha value is -1.93. The molecule has 0 saturated carbocycles. The third-order valence-corrected chi connectivity index (χ3v) is 4.48. The summed E-state index contributed by atoms with van der Waals surface area (Å²) in [5, 5.41) is 2.78. The van der Waals surface area contributed by atoms with Gasteiger partial charge in [-0.1, -0.05) is 0 Å². The van der Waals surface area contributed by atoms with Crippen LogP contribution in [0.4, 0.5) is 5.82 Å². The van der Waals surface area contributed by atoms with Crippen LogP contribution in [0.5, 0.6) is 0 Å². The molecule has 0 aliphatic rings. The molecule has 21 heavy (non-hydrogen) atoms. The highest BCUT2D eigenvalue weighted by Crippen LogP contribution is 2.16. The largest absolute Gasteiger partial charge is 0.372 e. The summed E-state index contributed by atoms with van der Waals surface area (Å²) >= 11 is 0. The molecule has 0 aliphatic carbocycles. The molecular formula is C13H19N5O2S. The van der Waals surface area contributed by atoms with E-state index in [9.17, 15) is 8.42 Å². The minimum Gasteiger partial charge on any atom is -0.372 e. The Kier molecular flexibility index (Phi) is 5.29. The number of anilines is 1. The monoisotopic (exact) mass is 309 g/mol. The number of aromatic nitrogens is 3. The summed E-state index contributed by atoms with van der Waals surface area (Å²) in [6.07, 6.45) is 8.55. The zero-order chi connectivity index (χ0) is 15.1. The van der Waals surface area contributed by atoms with E-state index >= 15 is 0 Å². The molecule has 2 N–H and O–H groups in total. The van der Waals surface area contributed by atoms with Crippen LogP contribution in [0.15, 0.2) is 41.9 Å². The van der Waals surface area contributed by atoms with E-state index in [-0.39, 0.29) is 4.90 Å². The van der Waals surface area contributed by atoms with E-state index in [2.05, 4.69) is 20.0 Å². The van der Waals surface area contributed by atoms with Gasteiger partial charge in [0.1, 0.15) is 10.7 Å². The van der Waals surface area contributed by atoms with Crippen molar-refractivity contribution in [2.45, 2.75) is 24.3 Å². The van der Waals surface area contributed by atoms with Gasteiger partial charge < -0.3 is 9.88 Å². The topological polar surface area (TPSA) is 88.9 Å². The lowest BCUT2D eigenvalue weighted by atomic mass is 10.3. The Morgan fingerprint density at radius 3 is 2.86 bits per heavy atom. The van der Waals surface area contributed by atoms with Crippen molar-refractivity contribution in [3.8, 4) is 0 Å². The van der Waals surface area contributed by atoms with Crippen LogP contribution in [0.2, 0.25) is 0 Å². The summed E-state index contributed by atoms with van der Waals surface area (Å²) in [5.41, 5.74) is 0. The molecule has 7 nitrogen and oxygen atoms in total. The lowest BCUT2D eigenvalue weighted by Crippen LogP contribution is -2.26. The fraction of sp³-hybridized carbons (Fsp3) is 0.385. The Morgan fingerprint density at radius 2 is 2.14 bits per heavy atom. The van der Waals surface area contributed by atoms with Crippen LogP contribution in [0, 0.1) is 0 Å². The number of nitrogens with one attached hydrogen (secondary N) is 2. The van der Waals surface area contributed by atoms with Gasteiger partial charge in [-0.15, -0.1) is 0 Å². The molecular weight excluding hydrogens is 290 g/mol. The van der Waals surface area contributed by atoms with Gasteiger partial charge in [0, 0.05) is 38.7 Å². The van der Waals surface area contributed by atoms with Gasteiger partial charge in [0.15, 0.2) is 0 Å². The second kappa shape index (κ2) is 7.19. The highest BCUT2D eigenvalue weighted by atomic mass is 32.2. The predicted octanol–water partition coefficient (Wildman–Crippen LogP) is 1.08. The van der Waals surface area contributed by atoms with Crippen LogP contribution in [0.3, 0.4) is 0 Å². The molecule has 2 rings (SSSR count). The summed E-state index contributed by atoms with van der Waals surface area (Å²) in [4.78, 5) is 8.13. The van der Waals surface area contributed by atoms with E-state index < -0.39 is 10.0 Å². The Balaban J connectivity index is 1.84. The number of aryl methyl sites for hydroxylation is 1. The molecule has 0 saturated heterocycles. The highest BCUT2D eigenvalue weighted by molar-refractivity contribution is 7.89. The molecule has 0 spiro atoms. The van der Waals surface area contributed by atoms with Crippen molar-refractivity contribution < 1.29 is 8.42 Å². The molecule has 0 atom stereocenters. The van der Waals surface area contributed by atoms with Crippen LogP contribution >= 0.6 is 0 Å². The van der Waals surface area contributed by atoms with Gasteiger partial charge in [-0.25, -0.2) is 23.1 Å². The second-order valence-corrected chi connectivity index (χ2v) is 6.24. The van der Waals surface area contributed by atoms with Gasteiger partial charge >= 0.3 is 0 Å². The Bertz CT molecular complexity index is 655. The van der Waals surface area contributed by atoms with Gasteiger partial charge in [0.25, 0.3) is 0 Å². The first-order valence-electron chi connectivity index (χ1n) is 6.71. The van der Waals surface area contributed by atoms with Crippen LogP contribution in [0.25, 0.3) is 0 Å². The van der Waals surface area contributed by atoms with Crippen molar-refractivity contribution in [2.75, 3.05) is 18.9 Å². The second-order valence-electron chi connectivity index (χ2n) is 4.51. The van der Waals surface area contributed by atoms with E-state index in [4.69, 9.17) is 0 Å². The molecule has 8 heteroatoms. The van der Waals surface area contributed by atoms with Crippen molar-refractivity contribution in [3.63, 3.8) is 0 Å². The maximum Gasteiger partial charge on any atom is 0.244 e. The number of rotatable bonds is 8. The lowest BCUT2D eigenvalue weighted by Gasteiger charge is -2.10. The van der Waals surface area contributed by atoms with E-state index in [1.54, 1.807) is 31.8 Å². The fourth-order valence-electron chi connectivity index (χ4n) is 1.92. The van der Waals surface area contributed by atoms with Crippen LogP contribution in [-0.2, 0) is 16.6 Å². The number of nitrogens with zero attached hydrogens (tertiary/aromatic N) is 3. The molecule has 0 amide bonds. The zero-order valence-electron chi connectivity index (χ0n) is 11.9. The summed E-state index contributed by atoms with van der Waals surface area (Å²) in [5.74, 6) is 0.350. The minimum atomic E-state index is -3.53. The highest BCUT2D eigenvalue weighted by Gasteiger charge is 2.17. The summed E-state index contributed by atoms with van der Waals surface area (Å²) in [7, 11) is -1.89. The number of unbranched alkanes of at least 4 members (excludes halogenated alkanes) is 1. The summed E-state index contributed by atoms with van der Waals surface area (Å²) in [6, 6.07) is 3.14. The fourth-order valence-corrected chi connectivity index (χ4v) is 3.15. The molecule has 2 aromatic rings. The number of imidazole rings is 1. The van der Waals surface area contributed by atoms with Crippen LogP contribution < -0.4 is 10.0 Å². The third kappa shape index (κ3) is 4.27. The number of pyridine rings is 1. The third-order valence-electron chi connectivity index (χ3n) is 2.99. The number of hydrogen-bond acceptors (Lipinski definition) is 5. The molecule has 2 heterocycles. The lowest BCUT2D eigenvalue weighted by molar-refractivity contribution is 0.566. The number of sulfonamides is 1. The van der Waals surface area contributed by atoms with Crippen LogP contribution in [-0.4, -0.2) is 36.5 Å². The van der Waals surface area contributed by atoms with Crippen molar-refractivity contribution in [1.82, 2.24) is 19.3 Å². The molecule has 0 radical (unpaired) electrons. The molecule has 114 valence electrons. The quantitative estimate of drug-likeness (QED) is 0.712. The number of hydrogen-bond donors (Lipinski definition) is 2. The van der Waals surface area contributed by atoms with Gasteiger partial charge in [-0.3, -0.25) is 0 Å². The molecule has 0 aliphatic heterocycles. The predicted molar refractivity (Wildman–Crippen MR) is 80.4 cm³/mol. The Labute approximate surface area is 124 Å². The average Bonchev–Trinajstić information content (AvgIpc) is 3.00. The maximum absolute atomic E-state index is 12.2. The first-order chi connectivity index (χ1) is 10.1. The average molecular weight is 309 g/mol. The molecule has 0 bridgehead atoms. The van der Waals surface area contributed by atoms with Crippen molar-refractivity contribution in [1.29, 1.82) is 0 Å². The molecule has 0 unspecified atom stereocenters. The normalized spacial score (nSPS) is 11.5. The van der Waals surface area contributed by atoms with Gasteiger partial charge in [-0.05, 0) is 25.0 Å². The smallest absolute Gasteiger partial charge is 0.244 e. The van der Waals surface area contributed by atoms with Crippen molar-refractivity contribution >= 4 is 15.8 Å². The van der Waals surface area contributed by atoms with Crippen molar-refractivity contribution in [2.24, 2.45) is 0 Å². The Morgan fingerprint density at radius 1 is 1.29 bits per heavy atom. The summed E-state index contributed by atoms with van der Waals surface area (Å²) < 4.78 is 29.0. The SMILES string of the molecule is CNc1ncccc1S(=O)(=O)NCCCCn1ccnc1. The van der Waals surface area contributed by atoms with Crippen molar-refractivity contribution in [3.05, 3.63) is 37.1 Å². The first-order valence-corrected chi connectivity index (χ1v) is 8.20. The molecule has 0 aromatic carbocycles. The minimum absolute atomic E-state index is 0.169. The molecule has 0 fully saturated rings. The zero-order valence-corrected chi connectivity index (χ0v) is 12.7. The van der Waals surface area contributed by atoms with Crippen LogP contribution in [0.1, 0.15) is 12.8 Å². The summed E-state index contributed by atoms with van der Waals surface area (Å²) in [6.45, 7) is 1.23. The van der Waals surface area contributed by atoms with E-state index in [1.165, 1.54) is 6.07 Å². The standard InChI is InChI=1S/C13H19N5O2S/c1-14-13-12(5-4-6-16-13)21(19,20)17-7-2-3-9-18-10-8-15-11-18/h4-6,8,10-11,17H,2-3,7,9H2,1H3,(H,14,16). The van der Waals surface area contributed by atoms with Gasteiger partial charge in [0.05, 0.1) is 6.33 Å².